The third-order valence-corrected chi connectivity index (χ3v) is 8.01. The zero-order valence-electron chi connectivity index (χ0n) is 31.0. The van der Waals surface area contributed by atoms with E-state index < -0.39 is 12.1 Å². The molecule has 0 aromatic rings. The lowest BCUT2D eigenvalue weighted by Crippen LogP contribution is -2.45. The Morgan fingerprint density at radius 1 is 0.521 bits per heavy atom. The van der Waals surface area contributed by atoms with E-state index in [1.165, 1.54) is 51.4 Å². The Labute approximate surface area is 296 Å². The van der Waals surface area contributed by atoms with Gasteiger partial charge in [0, 0.05) is 6.42 Å². The summed E-state index contributed by atoms with van der Waals surface area (Å²) in [6, 6.07) is -0.653. The molecule has 0 saturated carbocycles. The Hall–Kier alpha value is -2.69. The van der Waals surface area contributed by atoms with Crippen LogP contribution in [0.4, 0.5) is 0 Å². The van der Waals surface area contributed by atoms with Crippen LogP contribution in [0.5, 0.6) is 0 Å². The first-order valence-electron chi connectivity index (χ1n) is 19.5. The van der Waals surface area contributed by atoms with E-state index in [0.29, 0.717) is 6.42 Å². The maximum Gasteiger partial charge on any atom is 0.220 e. The predicted molar refractivity (Wildman–Crippen MR) is 211 cm³/mol. The van der Waals surface area contributed by atoms with Crippen LogP contribution in [0.25, 0.3) is 0 Å². The second kappa shape index (κ2) is 38.8. The molecule has 0 fully saturated rings. The Bertz CT molecular complexity index is 937. The molecule has 0 aliphatic rings. The van der Waals surface area contributed by atoms with Crippen LogP contribution in [0.2, 0.25) is 0 Å². The normalized spacial score (nSPS) is 14.2. The topological polar surface area (TPSA) is 69.6 Å². The quantitative estimate of drug-likeness (QED) is 0.0483. The number of hydrogen-bond acceptors (Lipinski definition) is 3. The molecule has 0 heterocycles. The van der Waals surface area contributed by atoms with Gasteiger partial charge in [-0.3, -0.25) is 4.79 Å². The summed E-state index contributed by atoms with van der Waals surface area (Å²) >= 11 is 0. The minimum absolute atomic E-state index is 0.0927. The van der Waals surface area contributed by atoms with Crippen molar-refractivity contribution in [2.24, 2.45) is 0 Å². The van der Waals surface area contributed by atoms with E-state index in [2.05, 4.69) is 104 Å². The maximum absolute atomic E-state index is 12.3. The lowest BCUT2D eigenvalue weighted by Gasteiger charge is -2.19. The number of aliphatic hydroxyl groups excluding tert-OH is 2. The highest BCUT2D eigenvalue weighted by Gasteiger charge is 2.17. The van der Waals surface area contributed by atoms with Crippen LogP contribution in [-0.2, 0) is 4.79 Å². The number of rotatable bonds is 33. The van der Waals surface area contributed by atoms with Crippen molar-refractivity contribution in [2.75, 3.05) is 6.61 Å². The average Bonchev–Trinajstić information content (AvgIpc) is 3.09. The first kappa shape index (κ1) is 45.3. The van der Waals surface area contributed by atoms with E-state index in [1.54, 1.807) is 6.08 Å². The molecular weight excluding hydrogens is 590 g/mol. The van der Waals surface area contributed by atoms with Crippen LogP contribution >= 0.6 is 0 Å². The summed E-state index contributed by atoms with van der Waals surface area (Å²) in [5, 5.41) is 22.8. The minimum Gasteiger partial charge on any atom is -0.394 e. The molecule has 0 aliphatic carbocycles. The van der Waals surface area contributed by atoms with E-state index >= 15 is 0 Å². The maximum atomic E-state index is 12.3. The Morgan fingerprint density at radius 2 is 0.938 bits per heavy atom. The van der Waals surface area contributed by atoms with E-state index in [0.717, 1.165) is 83.5 Å². The highest BCUT2D eigenvalue weighted by Crippen LogP contribution is 2.12. The van der Waals surface area contributed by atoms with Gasteiger partial charge in [0.2, 0.25) is 5.91 Å². The standard InChI is InChI=1S/C44H73NO3/c1-3-5-7-9-11-13-15-16-17-18-19-20-21-22-23-24-25-26-27-28-30-32-34-36-38-40-44(48)45-42(41-46)43(47)39-37-35-33-31-29-14-12-10-8-6-4-2/h5,7-8,10-11,13,16-17,19-20,22-23,29,31,37,39,42-43,46-47H,3-4,6,9,12,14-15,18,21,24-28,30,32-36,38,40-41H2,1-2H3,(H,45,48)/b7-5-,10-8+,13-11-,17-16-,20-19-,23-22-,31-29+,39-37+. The number of hydrogen-bond donors (Lipinski definition) is 3. The van der Waals surface area contributed by atoms with E-state index in [-0.39, 0.29) is 12.5 Å². The van der Waals surface area contributed by atoms with Gasteiger partial charge in [0.25, 0.3) is 0 Å². The van der Waals surface area contributed by atoms with Crippen LogP contribution in [0.3, 0.4) is 0 Å². The summed E-state index contributed by atoms with van der Waals surface area (Å²) in [4.78, 5) is 12.3. The number of aliphatic hydroxyl groups is 2. The lowest BCUT2D eigenvalue weighted by atomic mass is 10.1. The van der Waals surface area contributed by atoms with Gasteiger partial charge >= 0.3 is 0 Å². The van der Waals surface area contributed by atoms with Crippen molar-refractivity contribution >= 4 is 5.91 Å². The number of amides is 1. The van der Waals surface area contributed by atoms with Crippen molar-refractivity contribution in [3.05, 3.63) is 97.2 Å². The molecule has 2 atom stereocenters. The molecule has 4 nitrogen and oxygen atoms in total. The first-order chi connectivity index (χ1) is 23.7. The third kappa shape index (κ3) is 34.6. The molecule has 0 aliphatic heterocycles. The Kier molecular flexibility index (Phi) is 36.6. The summed E-state index contributed by atoms with van der Waals surface area (Å²) in [6.45, 7) is 4.08. The average molecular weight is 664 g/mol. The second-order valence-electron chi connectivity index (χ2n) is 12.6. The number of unbranched alkanes of at least 4 members (excludes halogenated alkanes) is 12. The van der Waals surface area contributed by atoms with Crippen LogP contribution < -0.4 is 5.32 Å². The second-order valence-corrected chi connectivity index (χ2v) is 12.6. The number of carbonyl (C=O) groups is 1. The third-order valence-electron chi connectivity index (χ3n) is 8.01. The van der Waals surface area contributed by atoms with Crippen molar-refractivity contribution < 1.29 is 15.0 Å². The van der Waals surface area contributed by atoms with Gasteiger partial charge in [0.1, 0.15) is 0 Å². The summed E-state index contributed by atoms with van der Waals surface area (Å²) in [6.07, 6.45) is 57.9. The summed E-state index contributed by atoms with van der Waals surface area (Å²) in [5.74, 6) is -0.0927. The fraction of sp³-hybridized carbons (Fsp3) is 0.614. The van der Waals surface area contributed by atoms with Gasteiger partial charge in [-0.1, -0.05) is 162 Å². The first-order valence-corrected chi connectivity index (χ1v) is 19.5. The Balaban J connectivity index is 3.67. The van der Waals surface area contributed by atoms with Crippen LogP contribution in [0.15, 0.2) is 97.2 Å². The smallest absolute Gasteiger partial charge is 0.220 e. The van der Waals surface area contributed by atoms with Crippen molar-refractivity contribution in [1.29, 1.82) is 0 Å². The SMILES string of the molecule is CC/C=C\C/C=C\C/C=C\C/C=C\C/C=C\CCCCCCCCCCCC(=O)NC(CO)C(O)/C=C/CC/C=C/CC/C=C/CCC. The van der Waals surface area contributed by atoms with Gasteiger partial charge in [-0.05, 0) is 83.5 Å². The zero-order chi connectivity index (χ0) is 35.0. The molecule has 0 aromatic heterocycles. The molecule has 3 N–H and O–H groups in total. The molecule has 0 aromatic carbocycles. The zero-order valence-corrected chi connectivity index (χ0v) is 31.0. The predicted octanol–water partition coefficient (Wildman–Crippen LogP) is 11.9. The largest absolute Gasteiger partial charge is 0.394 e. The van der Waals surface area contributed by atoms with Gasteiger partial charge in [0.15, 0.2) is 0 Å². The summed E-state index contributed by atoms with van der Waals surface area (Å²) in [7, 11) is 0. The molecule has 272 valence electrons. The van der Waals surface area contributed by atoms with Gasteiger partial charge in [0.05, 0.1) is 18.8 Å². The summed E-state index contributed by atoms with van der Waals surface area (Å²) < 4.78 is 0. The van der Waals surface area contributed by atoms with E-state index in [1.807, 2.05) is 6.08 Å². The Morgan fingerprint density at radius 3 is 1.44 bits per heavy atom. The monoisotopic (exact) mass is 664 g/mol. The number of nitrogens with one attached hydrogen (secondary N) is 1. The van der Waals surface area contributed by atoms with E-state index in [4.69, 9.17) is 0 Å². The van der Waals surface area contributed by atoms with Gasteiger partial charge in [-0.15, -0.1) is 0 Å². The minimum atomic E-state index is -0.876. The molecular formula is C44H73NO3. The van der Waals surface area contributed by atoms with Crippen molar-refractivity contribution in [2.45, 2.75) is 167 Å². The molecule has 0 rings (SSSR count). The molecule has 48 heavy (non-hydrogen) atoms. The molecule has 4 heteroatoms. The lowest BCUT2D eigenvalue weighted by molar-refractivity contribution is -0.123. The number of allylic oxidation sites excluding steroid dienone is 15. The molecule has 0 bridgehead atoms. The van der Waals surface area contributed by atoms with Gasteiger partial charge in [-0.25, -0.2) is 0 Å². The van der Waals surface area contributed by atoms with Crippen molar-refractivity contribution in [3.63, 3.8) is 0 Å². The molecule has 2 unspecified atom stereocenters. The van der Waals surface area contributed by atoms with Crippen LogP contribution in [0.1, 0.15) is 155 Å². The number of carbonyl (C=O) groups excluding carboxylic acids is 1. The fourth-order valence-corrected chi connectivity index (χ4v) is 5.06. The molecule has 0 radical (unpaired) electrons. The highest BCUT2D eigenvalue weighted by atomic mass is 16.3. The van der Waals surface area contributed by atoms with Gasteiger partial charge < -0.3 is 15.5 Å². The molecule has 0 saturated heterocycles. The molecule has 1 amide bonds. The summed E-state index contributed by atoms with van der Waals surface area (Å²) in [5.41, 5.74) is 0. The highest BCUT2D eigenvalue weighted by molar-refractivity contribution is 5.76. The van der Waals surface area contributed by atoms with Crippen molar-refractivity contribution in [3.8, 4) is 0 Å². The van der Waals surface area contributed by atoms with Gasteiger partial charge in [-0.2, -0.15) is 0 Å². The van der Waals surface area contributed by atoms with E-state index in [9.17, 15) is 15.0 Å². The fourth-order valence-electron chi connectivity index (χ4n) is 5.06. The van der Waals surface area contributed by atoms with Crippen molar-refractivity contribution in [1.82, 2.24) is 5.32 Å². The van der Waals surface area contributed by atoms with Crippen LogP contribution in [0, 0.1) is 0 Å². The van der Waals surface area contributed by atoms with Crippen LogP contribution in [-0.4, -0.2) is 34.9 Å². The molecule has 0 spiro atoms.